The lowest BCUT2D eigenvalue weighted by Crippen LogP contribution is -2.25. The van der Waals surface area contributed by atoms with E-state index in [0.29, 0.717) is 5.70 Å². The van der Waals surface area contributed by atoms with E-state index >= 15 is 0 Å². The van der Waals surface area contributed by atoms with Crippen molar-refractivity contribution in [3.63, 3.8) is 0 Å². The number of amides is 1. The molecule has 2 aromatic carbocycles. The molecule has 0 bridgehead atoms. The molecule has 0 atom stereocenters. The van der Waals surface area contributed by atoms with Crippen molar-refractivity contribution >= 4 is 17.8 Å². The summed E-state index contributed by atoms with van der Waals surface area (Å²) >= 11 is 0. The van der Waals surface area contributed by atoms with Gasteiger partial charge in [-0.2, -0.15) is 0 Å². The van der Waals surface area contributed by atoms with Crippen LogP contribution in [-0.4, -0.2) is 17.7 Å². The van der Waals surface area contributed by atoms with E-state index in [1.54, 1.807) is 0 Å². The van der Waals surface area contributed by atoms with Crippen LogP contribution in [-0.2, 0) is 6.42 Å². The molecule has 3 N–H and O–H groups in total. The van der Waals surface area contributed by atoms with Crippen LogP contribution in [0.5, 0.6) is 5.75 Å². The van der Waals surface area contributed by atoms with Gasteiger partial charge in [0.1, 0.15) is 28.5 Å². The van der Waals surface area contributed by atoms with Crippen LogP contribution in [0.1, 0.15) is 40.9 Å². The molecule has 0 saturated carbocycles. The van der Waals surface area contributed by atoms with Crippen LogP contribution in [0, 0.1) is 18.6 Å². The number of carbonyl (C=O) groups is 1. The molecule has 5 nitrogen and oxygen atoms in total. The van der Waals surface area contributed by atoms with Crippen molar-refractivity contribution < 1.29 is 18.3 Å². The van der Waals surface area contributed by atoms with Crippen LogP contribution in [0.15, 0.2) is 53.8 Å². The zero-order chi connectivity index (χ0) is 22.1. The lowest BCUT2D eigenvalue weighted by molar-refractivity contribution is 0.0960. The summed E-state index contributed by atoms with van der Waals surface area (Å²) in [5.41, 5.74) is 8.12. The Hall–Kier alpha value is -3.48. The number of hydrogen-bond donors (Lipinski definition) is 2. The number of benzene rings is 2. The highest BCUT2D eigenvalue weighted by Crippen LogP contribution is 2.38. The fourth-order valence-electron chi connectivity index (χ4n) is 3.33. The Morgan fingerprint density at radius 1 is 1.30 bits per heavy atom. The molecule has 0 fully saturated rings. The molecule has 1 aliphatic rings. The molecular formula is C23H23F2N3O2. The zero-order valence-electron chi connectivity index (χ0n) is 17.1. The smallest absolute Gasteiger partial charge is 0.261 e. The molecule has 156 valence electrons. The van der Waals surface area contributed by atoms with Gasteiger partial charge < -0.3 is 15.8 Å². The van der Waals surface area contributed by atoms with Gasteiger partial charge in [-0.15, -0.1) is 0 Å². The summed E-state index contributed by atoms with van der Waals surface area (Å²) in [5.74, 6) is -2.03. The minimum Gasteiger partial charge on any atom is -0.487 e. The highest BCUT2D eigenvalue weighted by atomic mass is 19.1. The number of nitrogens with two attached hydrogens (primary N) is 1. The molecule has 0 saturated heterocycles. The number of nitrogens with one attached hydrogen (secondary N) is 1. The van der Waals surface area contributed by atoms with Crippen molar-refractivity contribution in [3.8, 4) is 5.75 Å². The molecule has 7 heteroatoms. The monoisotopic (exact) mass is 411 g/mol. The van der Waals surface area contributed by atoms with Crippen LogP contribution >= 0.6 is 0 Å². The first-order valence-corrected chi connectivity index (χ1v) is 9.34. The molecule has 1 heterocycles. The maximum absolute atomic E-state index is 13.7. The molecule has 0 unspecified atom stereocenters. The van der Waals surface area contributed by atoms with Gasteiger partial charge in [0.25, 0.3) is 5.91 Å². The number of carbonyl (C=O) groups excluding carboxylic acids is 1. The minimum absolute atomic E-state index is 0.0604. The van der Waals surface area contributed by atoms with E-state index in [9.17, 15) is 13.6 Å². The number of halogens is 2. The molecule has 0 aromatic heterocycles. The van der Waals surface area contributed by atoms with E-state index in [4.69, 9.17) is 10.5 Å². The zero-order valence-corrected chi connectivity index (χ0v) is 17.1. The first kappa shape index (κ1) is 21.2. The minimum atomic E-state index is -0.960. The highest BCUT2D eigenvalue weighted by molar-refractivity contribution is 5.99. The third-order valence-electron chi connectivity index (χ3n) is 4.67. The van der Waals surface area contributed by atoms with Crippen molar-refractivity contribution in [2.24, 2.45) is 10.7 Å². The molecule has 1 aliphatic heterocycles. The van der Waals surface area contributed by atoms with E-state index in [1.807, 2.05) is 32.9 Å². The van der Waals surface area contributed by atoms with Crippen LogP contribution in [0.3, 0.4) is 0 Å². The van der Waals surface area contributed by atoms with Gasteiger partial charge in [-0.05, 0) is 56.2 Å². The van der Waals surface area contributed by atoms with E-state index in [-0.39, 0.29) is 11.3 Å². The summed E-state index contributed by atoms with van der Waals surface area (Å²) in [6, 6.07) is 7.11. The summed E-state index contributed by atoms with van der Waals surface area (Å²) in [7, 11) is 0. The van der Waals surface area contributed by atoms with Crippen LogP contribution in [0.25, 0.3) is 5.70 Å². The standard InChI is InChI=1S/C23H23F2N3O2/c1-13-8-20-15(10-23(3,4)30-20)9-16(13)19(11-26)27-12-14(2)28-22(29)21-17(24)6-5-7-18(21)25/h5-9,11-12H,2,10,26H2,1,3-4H3,(H,28,29)/b19-11-,27-12?. The Morgan fingerprint density at radius 2 is 1.97 bits per heavy atom. The first-order valence-electron chi connectivity index (χ1n) is 9.34. The predicted octanol–water partition coefficient (Wildman–Crippen LogP) is 4.26. The van der Waals surface area contributed by atoms with Gasteiger partial charge in [-0.1, -0.05) is 12.6 Å². The Bertz CT molecular complexity index is 1070. The van der Waals surface area contributed by atoms with Gasteiger partial charge in [-0.3, -0.25) is 9.79 Å². The quantitative estimate of drug-likeness (QED) is 0.722. The van der Waals surface area contributed by atoms with Crippen molar-refractivity contribution in [2.75, 3.05) is 0 Å². The lowest BCUT2D eigenvalue weighted by Gasteiger charge is -2.16. The molecule has 0 aliphatic carbocycles. The summed E-state index contributed by atoms with van der Waals surface area (Å²) < 4.78 is 33.4. The van der Waals surface area contributed by atoms with Gasteiger partial charge in [0.05, 0.1) is 17.6 Å². The largest absolute Gasteiger partial charge is 0.487 e. The molecule has 3 rings (SSSR count). The van der Waals surface area contributed by atoms with E-state index in [2.05, 4.69) is 16.9 Å². The van der Waals surface area contributed by atoms with Crippen LogP contribution in [0.2, 0.25) is 0 Å². The number of fused-ring (bicyclic) bond motifs is 1. The summed E-state index contributed by atoms with van der Waals surface area (Å²) in [5, 5.41) is 2.33. The van der Waals surface area contributed by atoms with E-state index in [0.717, 1.165) is 41.0 Å². The van der Waals surface area contributed by atoms with Crippen molar-refractivity contribution in [3.05, 3.63) is 82.7 Å². The van der Waals surface area contributed by atoms with Crippen LogP contribution in [0.4, 0.5) is 8.78 Å². The van der Waals surface area contributed by atoms with Crippen molar-refractivity contribution in [1.82, 2.24) is 5.32 Å². The third-order valence-corrected chi connectivity index (χ3v) is 4.67. The summed E-state index contributed by atoms with van der Waals surface area (Å²) in [6.07, 6.45) is 3.38. The van der Waals surface area contributed by atoms with Gasteiger partial charge in [0.15, 0.2) is 0 Å². The number of aliphatic imine (C=N–C) groups is 1. The molecule has 2 aromatic rings. The molecular weight excluding hydrogens is 388 g/mol. The fourth-order valence-corrected chi connectivity index (χ4v) is 3.33. The molecule has 0 spiro atoms. The number of rotatable bonds is 5. The number of nitrogens with zero attached hydrogens (tertiary/aromatic N) is 1. The average Bonchev–Trinajstić information content (AvgIpc) is 2.94. The predicted molar refractivity (Wildman–Crippen MR) is 113 cm³/mol. The SMILES string of the molecule is C=C(C=N/C(=C\N)c1cc2c(cc1C)OC(C)(C)C2)NC(=O)c1c(F)cccc1F. The normalized spacial score (nSPS) is 15.0. The van der Waals surface area contributed by atoms with Gasteiger partial charge in [0.2, 0.25) is 0 Å². The maximum atomic E-state index is 13.7. The van der Waals surface area contributed by atoms with Crippen LogP contribution < -0.4 is 15.8 Å². The Labute approximate surface area is 174 Å². The summed E-state index contributed by atoms with van der Waals surface area (Å²) in [6.45, 7) is 9.62. The second-order valence-corrected chi connectivity index (χ2v) is 7.70. The Morgan fingerprint density at radius 3 is 2.60 bits per heavy atom. The van der Waals surface area contributed by atoms with Crippen molar-refractivity contribution in [1.29, 1.82) is 0 Å². The Kier molecular flexibility index (Phi) is 5.73. The third kappa shape index (κ3) is 4.40. The highest BCUT2D eigenvalue weighted by Gasteiger charge is 2.30. The topological polar surface area (TPSA) is 76.7 Å². The second-order valence-electron chi connectivity index (χ2n) is 7.70. The lowest BCUT2D eigenvalue weighted by atomic mass is 9.97. The Balaban J connectivity index is 1.77. The number of hydrogen-bond acceptors (Lipinski definition) is 4. The van der Waals surface area contributed by atoms with Crippen molar-refractivity contribution in [2.45, 2.75) is 32.8 Å². The maximum Gasteiger partial charge on any atom is 0.261 e. The fraction of sp³-hybridized carbons (Fsp3) is 0.217. The van der Waals surface area contributed by atoms with Gasteiger partial charge in [0, 0.05) is 18.2 Å². The summed E-state index contributed by atoms with van der Waals surface area (Å²) in [4.78, 5) is 16.5. The average molecular weight is 411 g/mol. The number of ether oxygens (including phenoxy) is 1. The number of aryl methyl sites for hydroxylation is 1. The van der Waals surface area contributed by atoms with E-state index < -0.39 is 23.1 Å². The molecule has 0 radical (unpaired) electrons. The van der Waals surface area contributed by atoms with E-state index in [1.165, 1.54) is 18.5 Å². The second kappa shape index (κ2) is 8.10. The number of allylic oxidation sites excluding steroid dienone is 1. The molecule has 1 amide bonds. The molecule has 30 heavy (non-hydrogen) atoms. The first-order chi connectivity index (χ1) is 14.1. The van der Waals surface area contributed by atoms with Gasteiger partial charge >= 0.3 is 0 Å². The van der Waals surface area contributed by atoms with Gasteiger partial charge in [-0.25, -0.2) is 8.78 Å².